The van der Waals surface area contributed by atoms with Crippen LogP contribution in [-0.2, 0) is 61.5 Å². The van der Waals surface area contributed by atoms with E-state index in [0.29, 0.717) is 5.75 Å². The predicted octanol–water partition coefficient (Wildman–Crippen LogP) is 9.48. The summed E-state index contributed by atoms with van der Waals surface area (Å²) < 4.78 is 57.7. The van der Waals surface area contributed by atoms with Crippen molar-refractivity contribution in [1.29, 1.82) is 0 Å². The van der Waals surface area contributed by atoms with Gasteiger partial charge in [0.1, 0.15) is 35.6 Å². The molecule has 2 saturated carbocycles. The first-order valence-corrected chi connectivity index (χ1v) is 33.1. The van der Waals surface area contributed by atoms with E-state index in [-0.39, 0.29) is 79.1 Å². The number of carbonyl (C=O) groups is 7. The summed E-state index contributed by atoms with van der Waals surface area (Å²) in [5.41, 5.74) is -8.24. The van der Waals surface area contributed by atoms with Crippen LogP contribution in [-0.4, -0.2) is 165 Å². The molecular formula is C59H88N2O17S2Si. The minimum atomic E-state index is -3.07. The summed E-state index contributed by atoms with van der Waals surface area (Å²) in [6.07, 6.45) is -8.24. The molecule has 2 N–H and O–H groups in total. The molecule has 81 heavy (non-hydrogen) atoms. The number of esters is 4. The SMILES string of the molecule is CSSCCC(=O)O[C@H]1C[C@H]2OC[C@@]2(OC(C)=O)[C@H]2[C@H](OC(=O)c3ccccc3)[C@]3(O)C[C@H](OC(=O)[C@H](O[Si](C(C)C)(C(C)C)C(C)C)[C@H](C=C(C)C)NC(=O)OC(C)(C)C)C(C)=C([C@@H](OC(=O)N4CCOCC4)C(=O)[C@]12C)C3(C)C. The molecule has 2 saturated heterocycles. The molecule has 0 aromatic heterocycles. The van der Waals surface area contributed by atoms with Crippen molar-refractivity contribution in [3.8, 4) is 0 Å². The number of nitrogens with one attached hydrogen (secondary N) is 1. The van der Waals surface area contributed by atoms with Crippen LogP contribution in [0, 0.1) is 16.7 Å². The quantitative estimate of drug-likeness (QED) is 0.0327. The zero-order chi connectivity index (χ0) is 60.4. The van der Waals surface area contributed by atoms with Crippen molar-refractivity contribution in [2.24, 2.45) is 16.7 Å². The van der Waals surface area contributed by atoms with E-state index in [2.05, 4.69) is 46.9 Å². The zero-order valence-corrected chi connectivity index (χ0v) is 53.1. The molecule has 2 bridgehead atoms. The second-order valence-corrected chi connectivity index (χ2v) is 33.1. The van der Waals surface area contributed by atoms with Crippen LogP contribution in [0.5, 0.6) is 0 Å². The van der Waals surface area contributed by atoms with Crippen molar-refractivity contribution in [2.45, 2.75) is 206 Å². The number of ketones is 1. The van der Waals surface area contributed by atoms with E-state index in [0.717, 1.165) is 5.57 Å². The number of fused-ring (bicyclic) bond motifs is 5. The Hall–Kier alpha value is -4.45. The highest BCUT2D eigenvalue weighted by molar-refractivity contribution is 8.76. The number of morpholine rings is 1. The first-order valence-electron chi connectivity index (χ1n) is 28.2. The molecule has 1 aromatic carbocycles. The second-order valence-electron chi connectivity index (χ2n) is 25.0. The first kappa shape index (κ1) is 65.7. The molecule has 0 spiro atoms. The van der Waals surface area contributed by atoms with Gasteiger partial charge in [-0.3, -0.25) is 14.4 Å². The fourth-order valence-electron chi connectivity index (χ4n) is 13.5. The number of allylic oxidation sites excluding steroid dienone is 1. The molecule has 2 heterocycles. The van der Waals surface area contributed by atoms with Crippen LogP contribution < -0.4 is 5.32 Å². The Labute approximate surface area is 487 Å². The van der Waals surface area contributed by atoms with Gasteiger partial charge in [-0.25, -0.2) is 19.2 Å². The van der Waals surface area contributed by atoms with Crippen molar-refractivity contribution in [3.63, 3.8) is 0 Å². The molecule has 1 aromatic rings. The molecule has 0 unspecified atom stereocenters. The number of alkyl carbamates (subject to hydrolysis) is 1. The third-order valence-corrected chi connectivity index (χ3v) is 25.1. The van der Waals surface area contributed by atoms with E-state index >= 15 is 9.59 Å². The Morgan fingerprint density at radius 2 is 1.53 bits per heavy atom. The molecule has 3 aliphatic carbocycles. The molecule has 19 nitrogen and oxygen atoms in total. The molecular weight excluding hydrogens is 1100 g/mol. The highest BCUT2D eigenvalue weighted by Crippen LogP contribution is 2.65. The monoisotopic (exact) mass is 1190 g/mol. The lowest BCUT2D eigenvalue weighted by molar-refractivity contribution is -0.346. The smallest absolute Gasteiger partial charge is 0.410 e. The molecule has 6 rings (SSSR count). The van der Waals surface area contributed by atoms with Gasteiger partial charge in [0.25, 0.3) is 0 Å². The summed E-state index contributed by atoms with van der Waals surface area (Å²) in [6, 6.07) is 6.83. The normalized spacial score (nSPS) is 28.9. The average Bonchev–Trinajstić information content (AvgIpc) is 1.85. The molecule has 4 fully saturated rings. The van der Waals surface area contributed by atoms with Gasteiger partial charge in [-0.1, -0.05) is 107 Å². The maximum atomic E-state index is 16.8. The van der Waals surface area contributed by atoms with Crippen molar-refractivity contribution < 1.29 is 81.0 Å². The topological polar surface area (TPSA) is 238 Å². The van der Waals surface area contributed by atoms with Crippen LogP contribution in [0.1, 0.15) is 140 Å². The Bertz CT molecular complexity index is 2540. The number of Topliss-reactive ketones (excluding diaryl/α,β-unsaturated/α-hetero) is 1. The van der Waals surface area contributed by atoms with Gasteiger partial charge in [0, 0.05) is 44.0 Å². The zero-order valence-electron chi connectivity index (χ0n) is 50.4. The minimum Gasteiger partial charge on any atom is -0.461 e. The largest absolute Gasteiger partial charge is 0.461 e. The summed E-state index contributed by atoms with van der Waals surface area (Å²) in [5, 5.41) is 17.4. The Kier molecular flexibility index (Phi) is 20.9. The number of amides is 2. The maximum Gasteiger partial charge on any atom is 0.410 e. The standard InChI is InChI=1S/C59H88N2O17S2Si/c1-33(2)29-40(60-53(67)77-55(11,12)13)46(78-81(34(3)4,35(5)6)36(7)8)52(66)72-41-31-59(69)50(75-51(65)39-21-19-18-20-22-39)48-57(16,42(73-44(63)23-28-80-79-17)30-43-58(48,32-71-43)76-38(10)62)49(64)47(45(37(41)9)56(59,14)15)74-54(68)61-24-26-70-27-25-61/h18-22,29,34-36,40-43,46-48,50,69H,23-28,30-32H2,1-17H3,(H,60,67)/t40-,41-,42-,43+,46+,47+,48-,50-,57+,58-,59+/m0/s1. The van der Waals surface area contributed by atoms with Gasteiger partial charge in [-0.05, 0) is 94.6 Å². The fourth-order valence-corrected chi connectivity index (χ4v) is 20.1. The van der Waals surface area contributed by atoms with E-state index < -0.39 is 133 Å². The van der Waals surface area contributed by atoms with Gasteiger partial charge < -0.3 is 57.6 Å². The summed E-state index contributed by atoms with van der Waals surface area (Å²) in [7, 11) is -0.182. The lowest BCUT2D eigenvalue weighted by atomic mass is 9.44. The molecule has 0 radical (unpaired) electrons. The highest BCUT2D eigenvalue weighted by Gasteiger charge is 2.79. The van der Waals surface area contributed by atoms with Crippen LogP contribution in [0.15, 0.2) is 53.1 Å². The van der Waals surface area contributed by atoms with Gasteiger partial charge in [0.05, 0.1) is 49.2 Å². The molecule has 2 aliphatic heterocycles. The lowest BCUT2D eigenvalue weighted by Crippen LogP contribution is -2.82. The van der Waals surface area contributed by atoms with Gasteiger partial charge in [0.15, 0.2) is 23.6 Å². The fraction of sp³-hybridized carbons (Fsp3) is 0.712. The molecule has 5 aliphatic rings. The molecule has 2 amide bonds. The summed E-state index contributed by atoms with van der Waals surface area (Å²) >= 11 is 0. The predicted molar refractivity (Wildman–Crippen MR) is 309 cm³/mol. The number of rotatable bonds is 19. The number of nitrogens with zero attached hydrogens (tertiary/aromatic N) is 1. The molecule has 11 atom stereocenters. The van der Waals surface area contributed by atoms with Crippen LogP contribution in [0.25, 0.3) is 0 Å². The third-order valence-electron chi connectivity index (χ3n) is 17.2. The van der Waals surface area contributed by atoms with Crippen molar-refractivity contribution in [1.82, 2.24) is 10.2 Å². The number of ether oxygens (including phenoxy) is 8. The number of hydrogen-bond acceptors (Lipinski definition) is 19. The maximum absolute atomic E-state index is 16.8. The molecule has 452 valence electrons. The van der Waals surface area contributed by atoms with Crippen LogP contribution in [0.2, 0.25) is 16.6 Å². The minimum absolute atomic E-state index is 0.0246. The van der Waals surface area contributed by atoms with E-state index in [1.54, 1.807) is 65.8 Å². The van der Waals surface area contributed by atoms with E-state index in [9.17, 15) is 29.1 Å². The van der Waals surface area contributed by atoms with Crippen molar-refractivity contribution in [3.05, 3.63) is 58.7 Å². The van der Waals surface area contributed by atoms with Gasteiger partial charge in [-0.2, -0.15) is 0 Å². The van der Waals surface area contributed by atoms with Crippen molar-refractivity contribution in [2.75, 3.05) is 44.9 Å². The Morgan fingerprint density at radius 3 is 2.06 bits per heavy atom. The lowest BCUT2D eigenvalue weighted by Gasteiger charge is -2.67. The number of carbonyl (C=O) groups excluding carboxylic acids is 7. The number of aliphatic hydroxyl groups is 1. The highest BCUT2D eigenvalue weighted by atomic mass is 33.1. The van der Waals surface area contributed by atoms with E-state index in [1.165, 1.54) is 52.5 Å². The Morgan fingerprint density at radius 1 is 0.914 bits per heavy atom. The number of hydrogen-bond donors (Lipinski definition) is 2. The second kappa shape index (κ2) is 25.8. The van der Waals surface area contributed by atoms with Crippen LogP contribution >= 0.6 is 21.6 Å². The first-order chi connectivity index (χ1) is 37.7. The summed E-state index contributed by atoms with van der Waals surface area (Å²) in [5.74, 6) is -5.40. The number of benzene rings is 1. The van der Waals surface area contributed by atoms with E-state index in [4.69, 9.17) is 42.3 Å². The van der Waals surface area contributed by atoms with E-state index in [1.807, 2.05) is 20.1 Å². The average molecular weight is 1190 g/mol. The third kappa shape index (κ3) is 13.3. The van der Waals surface area contributed by atoms with Gasteiger partial charge >= 0.3 is 36.1 Å². The van der Waals surface area contributed by atoms with Gasteiger partial charge in [0.2, 0.25) is 8.32 Å². The summed E-state index contributed by atoms with van der Waals surface area (Å²) in [6.45, 7) is 28.9. The van der Waals surface area contributed by atoms with Crippen LogP contribution in [0.4, 0.5) is 9.59 Å². The van der Waals surface area contributed by atoms with Gasteiger partial charge in [-0.15, -0.1) is 0 Å². The Balaban J connectivity index is 1.68. The van der Waals surface area contributed by atoms with Crippen molar-refractivity contribution >= 4 is 71.8 Å². The summed E-state index contributed by atoms with van der Waals surface area (Å²) in [4.78, 5) is 105. The van der Waals surface area contributed by atoms with Crippen LogP contribution in [0.3, 0.4) is 0 Å². The molecule has 22 heteroatoms.